The summed E-state index contributed by atoms with van der Waals surface area (Å²) in [7, 11) is 0. The van der Waals surface area contributed by atoms with E-state index in [1.165, 1.54) is 30.5 Å². The van der Waals surface area contributed by atoms with Crippen LogP contribution in [0.4, 0.5) is 13.2 Å². The van der Waals surface area contributed by atoms with Crippen LogP contribution in [0.2, 0.25) is 0 Å². The molecule has 1 aliphatic rings. The van der Waals surface area contributed by atoms with Crippen LogP contribution in [-0.4, -0.2) is 38.0 Å². The molecule has 10 heteroatoms. The molecule has 37 heavy (non-hydrogen) atoms. The van der Waals surface area contributed by atoms with Gasteiger partial charge in [0.05, 0.1) is 17.6 Å². The van der Waals surface area contributed by atoms with Crippen LogP contribution in [0, 0.1) is 0 Å². The number of rotatable bonds is 7. The molecular weight excluding hydrogens is 485 g/mol. The highest BCUT2D eigenvalue weighted by atomic mass is 19.4. The Kier molecular flexibility index (Phi) is 6.02. The van der Waals surface area contributed by atoms with Crippen LogP contribution in [0.1, 0.15) is 49.1 Å². The van der Waals surface area contributed by atoms with Gasteiger partial charge in [0, 0.05) is 41.1 Å². The first kappa shape index (κ1) is 24.9. The number of halogens is 3. The van der Waals surface area contributed by atoms with Crippen molar-refractivity contribution in [3.8, 4) is 22.8 Å². The first-order valence-corrected chi connectivity index (χ1v) is 11.8. The summed E-state index contributed by atoms with van der Waals surface area (Å²) in [5, 5.41) is 13.7. The first-order chi connectivity index (χ1) is 17.5. The highest BCUT2D eigenvalue weighted by Crippen LogP contribution is 2.47. The molecule has 0 saturated heterocycles. The molecule has 4 aromatic rings. The number of benzene rings is 1. The summed E-state index contributed by atoms with van der Waals surface area (Å²) in [5.74, 6) is 0.386. The Labute approximate surface area is 210 Å². The molecule has 0 unspecified atom stereocenters. The number of hydrogen-bond donors (Lipinski definition) is 2. The fourth-order valence-corrected chi connectivity index (χ4v) is 4.18. The number of aromatic nitrogens is 4. The minimum Gasteiger partial charge on any atom is -0.395 e. The maximum Gasteiger partial charge on any atom is 0.397 e. The molecule has 0 atom stereocenters. The van der Waals surface area contributed by atoms with Crippen molar-refractivity contribution >= 4 is 0 Å². The zero-order valence-electron chi connectivity index (χ0n) is 20.3. The molecule has 1 aliphatic carbocycles. The Morgan fingerprint density at radius 3 is 2.46 bits per heavy atom. The van der Waals surface area contributed by atoms with E-state index >= 15 is 0 Å². The molecule has 7 nitrogen and oxygen atoms in total. The molecule has 1 aromatic carbocycles. The van der Waals surface area contributed by atoms with Crippen molar-refractivity contribution in [3.05, 3.63) is 87.6 Å². The highest BCUT2D eigenvalue weighted by Gasteiger charge is 2.48. The highest BCUT2D eigenvalue weighted by molar-refractivity contribution is 5.60. The molecular formula is C27H25F3N4O3. The third-order valence-electron chi connectivity index (χ3n) is 7.15. The molecule has 5 rings (SSSR count). The molecule has 0 bridgehead atoms. The van der Waals surface area contributed by atoms with E-state index in [2.05, 4.69) is 20.1 Å². The fourth-order valence-electron chi connectivity index (χ4n) is 4.18. The smallest absolute Gasteiger partial charge is 0.395 e. The number of nitrogens with zero attached hydrogens (tertiary/aromatic N) is 3. The third-order valence-corrected chi connectivity index (χ3v) is 7.15. The Hall–Kier alpha value is -3.79. The van der Waals surface area contributed by atoms with Crippen LogP contribution in [0.25, 0.3) is 22.8 Å². The van der Waals surface area contributed by atoms with Crippen LogP contribution >= 0.6 is 0 Å². The number of aliphatic hydroxyl groups is 1. The second kappa shape index (κ2) is 8.95. The quantitative estimate of drug-likeness (QED) is 0.365. The monoisotopic (exact) mass is 510 g/mol. The van der Waals surface area contributed by atoms with E-state index in [1.807, 2.05) is 12.1 Å². The average molecular weight is 511 g/mol. The molecule has 2 N–H and O–H groups in total. The van der Waals surface area contributed by atoms with E-state index in [0.717, 1.165) is 37.9 Å². The van der Waals surface area contributed by atoms with Gasteiger partial charge < -0.3 is 14.6 Å². The van der Waals surface area contributed by atoms with Gasteiger partial charge in [-0.05, 0) is 56.0 Å². The summed E-state index contributed by atoms with van der Waals surface area (Å²) in [6.45, 7) is 2.30. The molecule has 3 aromatic heterocycles. The summed E-state index contributed by atoms with van der Waals surface area (Å²) >= 11 is 0. The fraction of sp³-hybridized carbons (Fsp3) is 0.333. The molecule has 0 radical (unpaired) electrons. The van der Waals surface area contributed by atoms with Gasteiger partial charge in [0.2, 0.25) is 5.82 Å². The van der Waals surface area contributed by atoms with Crippen molar-refractivity contribution < 1.29 is 22.8 Å². The SMILES string of the molecule is CC(C)(c1ccc(-c2noc(-c3c[nH]c(=O)c(Cc4ccnc(C5(CO)CC5)c4)c3)n2)cc1)C(F)(F)F. The molecule has 3 heterocycles. The lowest BCUT2D eigenvalue weighted by Crippen LogP contribution is -2.36. The average Bonchev–Trinajstić information content (AvgIpc) is 3.53. The van der Waals surface area contributed by atoms with E-state index < -0.39 is 11.6 Å². The van der Waals surface area contributed by atoms with Gasteiger partial charge in [-0.1, -0.05) is 29.4 Å². The number of pyridine rings is 2. The lowest BCUT2D eigenvalue weighted by Gasteiger charge is -2.28. The second-order valence-corrected chi connectivity index (χ2v) is 10.0. The summed E-state index contributed by atoms with van der Waals surface area (Å²) in [4.78, 5) is 24.0. The van der Waals surface area contributed by atoms with Crippen LogP contribution < -0.4 is 5.56 Å². The molecule has 0 amide bonds. The molecule has 1 saturated carbocycles. The minimum atomic E-state index is -4.38. The van der Waals surface area contributed by atoms with Crippen molar-refractivity contribution in [1.82, 2.24) is 20.1 Å². The number of H-pyrrole nitrogens is 1. The van der Waals surface area contributed by atoms with E-state index in [9.17, 15) is 23.1 Å². The normalized spacial score (nSPS) is 15.1. The lowest BCUT2D eigenvalue weighted by atomic mass is 9.83. The Morgan fingerprint density at radius 2 is 1.81 bits per heavy atom. The maximum absolute atomic E-state index is 13.3. The molecule has 192 valence electrons. The van der Waals surface area contributed by atoms with Gasteiger partial charge in [-0.3, -0.25) is 9.78 Å². The van der Waals surface area contributed by atoms with Crippen molar-refractivity contribution in [1.29, 1.82) is 0 Å². The number of nitrogens with one attached hydrogen (secondary N) is 1. The lowest BCUT2D eigenvalue weighted by molar-refractivity contribution is -0.180. The van der Waals surface area contributed by atoms with Gasteiger partial charge in [-0.25, -0.2) is 0 Å². The third kappa shape index (κ3) is 4.69. The predicted molar refractivity (Wildman–Crippen MR) is 130 cm³/mol. The molecule has 0 spiro atoms. The molecule has 1 fully saturated rings. The predicted octanol–water partition coefficient (Wildman–Crippen LogP) is 4.94. The van der Waals surface area contributed by atoms with Crippen molar-refractivity contribution in [2.24, 2.45) is 0 Å². The van der Waals surface area contributed by atoms with Crippen LogP contribution in [0.5, 0.6) is 0 Å². The Bertz CT molecular complexity index is 1490. The zero-order chi connectivity index (χ0) is 26.4. The first-order valence-electron chi connectivity index (χ1n) is 11.8. The van der Waals surface area contributed by atoms with Gasteiger partial charge in [0.15, 0.2) is 0 Å². The standard InChI is InChI=1S/C27H25F3N4O3/c1-25(2,27(28,29)30)20-5-3-17(4-6-20)22-33-24(37-34-22)19-13-18(23(36)32-14-19)11-16-7-10-31-21(12-16)26(15-35)8-9-26/h3-7,10,12-14,35H,8-9,11,15H2,1-2H3,(H,32,36). The number of hydrogen-bond acceptors (Lipinski definition) is 6. The van der Waals surface area contributed by atoms with E-state index in [0.29, 0.717) is 23.1 Å². The van der Waals surface area contributed by atoms with Gasteiger partial charge in [0.25, 0.3) is 11.4 Å². The Morgan fingerprint density at radius 1 is 1.08 bits per heavy atom. The largest absolute Gasteiger partial charge is 0.397 e. The maximum atomic E-state index is 13.3. The minimum absolute atomic E-state index is 0.0435. The van der Waals surface area contributed by atoms with E-state index in [1.54, 1.807) is 12.3 Å². The van der Waals surface area contributed by atoms with E-state index in [-0.39, 0.29) is 34.9 Å². The van der Waals surface area contributed by atoms with Crippen molar-refractivity contribution in [3.63, 3.8) is 0 Å². The summed E-state index contributed by atoms with van der Waals surface area (Å²) in [5.41, 5.74) is 0.818. The summed E-state index contributed by atoms with van der Waals surface area (Å²) in [6, 6.07) is 11.3. The number of aromatic amines is 1. The van der Waals surface area contributed by atoms with E-state index in [4.69, 9.17) is 4.52 Å². The Balaban J connectivity index is 1.38. The van der Waals surface area contributed by atoms with Crippen LogP contribution in [-0.2, 0) is 17.3 Å². The van der Waals surface area contributed by atoms with Gasteiger partial charge in [0.1, 0.15) is 0 Å². The van der Waals surface area contributed by atoms with Crippen molar-refractivity contribution in [2.75, 3.05) is 6.61 Å². The number of alkyl halides is 3. The van der Waals surface area contributed by atoms with Crippen LogP contribution in [0.15, 0.2) is 64.2 Å². The second-order valence-electron chi connectivity index (χ2n) is 10.0. The van der Waals surface area contributed by atoms with Gasteiger partial charge in [-0.15, -0.1) is 0 Å². The van der Waals surface area contributed by atoms with Gasteiger partial charge >= 0.3 is 6.18 Å². The molecule has 0 aliphatic heterocycles. The van der Waals surface area contributed by atoms with Crippen molar-refractivity contribution in [2.45, 2.75) is 50.1 Å². The number of aliphatic hydroxyl groups excluding tert-OH is 1. The topological polar surface area (TPSA) is 105 Å². The summed E-state index contributed by atoms with van der Waals surface area (Å²) in [6.07, 6.45) is 0.894. The van der Waals surface area contributed by atoms with Gasteiger partial charge in [-0.2, -0.15) is 18.2 Å². The zero-order valence-corrected chi connectivity index (χ0v) is 20.3. The van der Waals surface area contributed by atoms with Crippen LogP contribution in [0.3, 0.4) is 0 Å². The summed E-state index contributed by atoms with van der Waals surface area (Å²) < 4.78 is 45.4.